The third-order valence-electron chi connectivity index (χ3n) is 1.44. The Kier molecular flexibility index (Phi) is 4.84. The van der Waals surface area contributed by atoms with Crippen LogP contribution >= 0.6 is 0 Å². The number of rotatable bonds is 3. The molecular weight excluding hydrogens is 152 g/mol. The zero-order chi connectivity index (χ0) is 9.56. The van der Waals surface area contributed by atoms with Crippen LogP contribution in [0.3, 0.4) is 0 Å². The van der Waals surface area contributed by atoms with Gasteiger partial charge in [-0.25, -0.2) is 0 Å². The van der Waals surface area contributed by atoms with Gasteiger partial charge in [-0.2, -0.15) is 0 Å². The normalized spacial score (nSPS) is 12.1. The standard InChI is InChI=1S/C9H16N2O/c1-8(6-4-5-7-10)9(12)11(2)3/h5-7H,4,10H2,1-3H3. The number of likely N-dealkylation sites (N-methyl/N-ethyl adjacent to an activating group) is 1. The van der Waals surface area contributed by atoms with Gasteiger partial charge in [-0.1, -0.05) is 12.2 Å². The zero-order valence-corrected chi connectivity index (χ0v) is 7.87. The Bertz CT molecular complexity index is 205. The molecule has 0 radical (unpaired) electrons. The molecule has 0 bridgehead atoms. The predicted octanol–water partition coefficient (Wildman–Crippen LogP) is 0.883. The number of carbonyl (C=O) groups is 1. The molecule has 0 unspecified atom stereocenters. The minimum absolute atomic E-state index is 0.0421. The molecule has 2 N–H and O–H groups in total. The number of hydrogen-bond donors (Lipinski definition) is 1. The van der Waals surface area contributed by atoms with Gasteiger partial charge in [0.25, 0.3) is 0 Å². The van der Waals surface area contributed by atoms with Crippen molar-refractivity contribution >= 4 is 5.91 Å². The SMILES string of the molecule is CC(=CCC=CN)C(=O)N(C)C. The summed E-state index contributed by atoms with van der Waals surface area (Å²) >= 11 is 0. The van der Waals surface area contributed by atoms with Gasteiger partial charge < -0.3 is 10.6 Å². The Hall–Kier alpha value is -1.25. The largest absolute Gasteiger partial charge is 0.405 e. The summed E-state index contributed by atoms with van der Waals surface area (Å²) in [5.41, 5.74) is 5.89. The Balaban J connectivity index is 4.08. The fourth-order valence-electron chi connectivity index (χ4n) is 0.763. The van der Waals surface area contributed by atoms with Crippen LogP contribution in [0.15, 0.2) is 23.9 Å². The maximum atomic E-state index is 11.2. The zero-order valence-electron chi connectivity index (χ0n) is 7.87. The van der Waals surface area contributed by atoms with Crippen molar-refractivity contribution in [3.05, 3.63) is 23.9 Å². The highest BCUT2D eigenvalue weighted by Gasteiger charge is 2.04. The van der Waals surface area contributed by atoms with E-state index in [2.05, 4.69) is 0 Å². The van der Waals surface area contributed by atoms with Crippen molar-refractivity contribution in [2.45, 2.75) is 13.3 Å². The second-order valence-electron chi connectivity index (χ2n) is 2.75. The highest BCUT2D eigenvalue weighted by molar-refractivity contribution is 5.92. The molecule has 0 aliphatic heterocycles. The van der Waals surface area contributed by atoms with Crippen LogP contribution in [-0.2, 0) is 4.79 Å². The summed E-state index contributed by atoms with van der Waals surface area (Å²) in [5.74, 6) is 0.0421. The Morgan fingerprint density at radius 2 is 2.08 bits per heavy atom. The van der Waals surface area contributed by atoms with Gasteiger partial charge in [0, 0.05) is 19.7 Å². The molecule has 12 heavy (non-hydrogen) atoms. The molecular formula is C9H16N2O. The molecule has 3 nitrogen and oxygen atoms in total. The van der Waals surface area contributed by atoms with E-state index in [9.17, 15) is 4.79 Å². The van der Waals surface area contributed by atoms with Gasteiger partial charge in [0.2, 0.25) is 5.91 Å². The lowest BCUT2D eigenvalue weighted by molar-refractivity contribution is -0.124. The maximum absolute atomic E-state index is 11.2. The summed E-state index contributed by atoms with van der Waals surface area (Å²) in [6.07, 6.45) is 5.84. The molecule has 0 aromatic carbocycles. The van der Waals surface area contributed by atoms with Crippen LogP contribution < -0.4 is 5.73 Å². The molecule has 68 valence electrons. The van der Waals surface area contributed by atoms with Crippen LogP contribution in [0, 0.1) is 0 Å². The molecule has 0 saturated heterocycles. The summed E-state index contributed by atoms with van der Waals surface area (Å²) < 4.78 is 0. The third-order valence-corrected chi connectivity index (χ3v) is 1.44. The lowest BCUT2D eigenvalue weighted by atomic mass is 10.2. The van der Waals surface area contributed by atoms with Gasteiger partial charge in [-0.05, 0) is 19.5 Å². The number of allylic oxidation sites excluding steroid dienone is 2. The number of carbonyl (C=O) groups excluding carboxylic acids is 1. The van der Waals surface area contributed by atoms with Crippen LogP contribution in [0.2, 0.25) is 0 Å². The van der Waals surface area contributed by atoms with Crippen LogP contribution in [0.25, 0.3) is 0 Å². The molecule has 0 aliphatic rings. The summed E-state index contributed by atoms with van der Waals surface area (Å²) in [4.78, 5) is 12.8. The van der Waals surface area contributed by atoms with Crippen LogP contribution in [0.1, 0.15) is 13.3 Å². The van der Waals surface area contributed by atoms with Crippen molar-refractivity contribution in [2.24, 2.45) is 5.73 Å². The monoisotopic (exact) mass is 168 g/mol. The number of amides is 1. The molecule has 0 aromatic rings. The molecule has 0 fully saturated rings. The lowest BCUT2D eigenvalue weighted by Gasteiger charge is -2.09. The van der Waals surface area contributed by atoms with Gasteiger partial charge in [-0.15, -0.1) is 0 Å². The topological polar surface area (TPSA) is 46.3 Å². The average Bonchev–Trinajstić information content (AvgIpc) is 2.03. The summed E-state index contributed by atoms with van der Waals surface area (Å²) in [7, 11) is 3.47. The van der Waals surface area contributed by atoms with Crippen molar-refractivity contribution in [3.8, 4) is 0 Å². The van der Waals surface area contributed by atoms with Crippen LogP contribution in [0.5, 0.6) is 0 Å². The van der Waals surface area contributed by atoms with Gasteiger partial charge in [0.05, 0.1) is 0 Å². The third kappa shape index (κ3) is 3.81. The number of nitrogens with zero attached hydrogens (tertiary/aromatic N) is 1. The number of hydrogen-bond acceptors (Lipinski definition) is 2. The number of nitrogens with two attached hydrogens (primary N) is 1. The second kappa shape index (κ2) is 5.41. The van der Waals surface area contributed by atoms with E-state index in [0.717, 1.165) is 5.57 Å². The quantitative estimate of drug-likeness (QED) is 0.636. The molecule has 0 heterocycles. The van der Waals surface area contributed by atoms with Gasteiger partial charge >= 0.3 is 0 Å². The Morgan fingerprint density at radius 1 is 1.50 bits per heavy atom. The first-order valence-electron chi connectivity index (χ1n) is 3.84. The molecule has 0 aliphatic carbocycles. The van der Waals surface area contributed by atoms with Crippen molar-refractivity contribution in [2.75, 3.05) is 14.1 Å². The van der Waals surface area contributed by atoms with E-state index in [1.807, 2.05) is 6.08 Å². The van der Waals surface area contributed by atoms with E-state index in [4.69, 9.17) is 5.73 Å². The Labute approximate surface area is 73.5 Å². The van der Waals surface area contributed by atoms with Gasteiger partial charge in [0.1, 0.15) is 0 Å². The van der Waals surface area contributed by atoms with E-state index in [1.54, 1.807) is 32.0 Å². The summed E-state index contributed by atoms with van der Waals surface area (Å²) in [6, 6.07) is 0. The smallest absolute Gasteiger partial charge is 0.248 e. The molecule has 0 aromatic heterocycles. The second-order valence-corrected chi connectivity index (χ2v) is 2.75. The molecule has 0 spiro atoms. The predicted molar refractivity (Wildman–Crippen MR) is 50.4 cm³/mol. The van der Waals surface area contributed by atoms with Crippen molar-refractivity contribution < 1.29 is 4.79 Å². The molecule has 1 amide bonds. The Morgan fingerprint density at radius 3 is 2.50 bits per heavy atom. The van der Waals surface area contributed by atoms with Gasteiger partial charge in [-0.3, -0.25) is 4.79 Å². The molecule has 0 atom stereocenters. The average molecular weight is 168 g/mol. The van der Waals surface area contributed by atoms with E-state index in [0.29, 0.717) is 6.42 Å². The van der Waals surface area contributed by atoms with E-state index < -0.39 is 0 Å². The maximum Gasteiger partial charge on any atom is 0.248 e. The van der Waals surface area contributed by atoms with Crippen LogP contribution in [-0.4, -0.2) is 24.9 Å². The minimum Gasteiger partial charge on any atom is -0.405 e. The van der Waals surface area contributed by atoms with Crippen molar-refractivity contribution in [1.82, 2.24) is 4.90 Å². The van der Waals surface area contributed by atoms with Crippen LogP contribution in [0.4, 0.5) is 0 Å². The summed E-state index contributed by atoms with van der Waals surface area (Å²) in [6.45, 7) is 1.80. The van der Waals surface area contributed by atoms with Gasteiger partial charge in [0.15, 0.2) is 0 Å². The fraction of sp³-hybridized carbons (Fsp3) is 0.444. The lowest BCUT2D eigenvalue weighted by Crippen LogP contribution is -2.22. The van der Waals surface area contributed by atoms with Crippen molar-refractivity contribution in [3.63, 3.8) is 0 Å². The van der Waals surface area contributed by atoms with E-state index >= 15 is 0 Å². The fourth-order valence-corrected chi connectivity index (χ4v) is 0.763. The molecule has 0 rings (SSSR count). The summed E-state index contributed by atoms with van der Waals surface area (Å²) in [5, 5.41) is 0. The highest BCUT2D eigenvalue weighted by atomic mass is 16.2. The first-order valence-corrected chi connectivity index (χ1v) is 3.84. The first kappa shape index (κ1) is 10.8. The van der Waals surface area contributed by atoms with Crippen molar-refractivity contribution in [1.29, 1.82) is 0 Å². The first-order chi connectivity index (χ1) is 5.59. The van der Waals surface area contributed by atoms with E-state index in [1.165, 1.54) is 6.20 Å². The molecule has 0 saturated carbocycles. The highest BCUT2D eigenvalue weighted by Crippen LogP contribution is 1.99. The van der Waals surface area contributed by atoms with E-state index in [-0.39, 0.29) is 5.91 Å². The molecule has 3 heteroatoms. The minimum atomic E-state index is 0.0421.